The Bertz CT molecular complexity index is 385. The molecular weight excluding hydrogens is 265 g/mol. The Hall–Kier alpha value is -0.840. The first kappa shape index (κ1) is 14.2. The standard InChI is InChI=1S/C11H13Cl2NO3/c1-2-5-16-6-7-17-11(15)10-8(12)3-4-9(13)14-10/h3-4H,2,5-7H2,1H3. The molecule has 1 aromatic heterocycles. The van der Waals surface area contributed by atoms with Gasteiger partial charge in [-0.1, -0.05) is 30.1 Å². The van der Waals surface area contributed by atoms with Gasteiger partial charge in [0.1, 0.15) is 11.8 Å². The Morgan fingerprint density at radius 3 is 2.76 bits per heavy atom. The van der Waals surface area contributed by atoms with Gasteiger partial charge >= 0.3 is 5.97 Å². The van der Waals surface area contributed by atoms with Gasteiger partial charge in [0, 0.05) is 6.61 Å². The van der Waals surface area contributed by atoms with Gasteiger partial charge in [-0.3, -0.25) is 0 Å². The molecule has 17 heavy (non-hydrogen) atoms. The van der Waals surface area contributed by atoms with Crippen molar-refractivity contribution in [2.45, 2.75) is 13.3 Å². The SMILES string of the molecule is CCCOCCOC(=O)c1nc(Cl)ccc1Cl. The molecule has 0 saturated carbocycles. The van der Waals surface area contributed by atoms with E-state index in [1.54, 1.807) is 0 Å². The molecule has 1 aromatic rings. The summed E-state index contributed by atoms with van der Waals surface area (Å²) in [4.78, 5) is 15.4. The monoisotopic (exact) mass is 277 g/mol. The summed E-state index contributed by atoms with van der Waals surface area (Å²) >= 11 is 11.5. The highest BCUT2D eigenvalue weighted by Gasteiger charge is 2.14. The highest BCUT2D eigenvalue weighted by Crippen LogP contribution is 2.17. The average molecular weight is 278 g/mol. The van der Waals surface area contributed by atoms with Crippen molar-refractivity contribution in [1.29, 1.82) is 0 Å². The molecule has 0 atom stereocenters. The summed E-state index contributed by atoms with van der Waals surface area (Å²) in [6.07, 6.45) is 0.926. The lowest BCUT2D eigenvalue weighted by Crippen LogP contribution is -2.13. The summed E-state index contributed by atoms with van der Waals surface area (Å²) < 4.78 is 10.1. The predicted molar refractivity (Wildman–Crippen MR) is 65.6 cm³/mol. The first-order chi connectivity index (χ1) is 8.15. The molecule has 6 heteroatoms. The second-order valence-corrected chi connectivity index (χ2v) is 4.01. The number of nitrogens with zero attached hydrogens (tertiary/aromatic N) is 1. The maximum Gasteiger partial charge on any atom is 0.358 e. The van der Waals surface area contributed by atoms with E-state index in [9.17, 15) is 4.79 Å². The molecule has 94 valence electrons. The number of carbonyl (C=O) groups excluding carboxylic acids is 1. The lowest BCUT2D eigenvalue weighted by molar-refractivity contribution is 0.0313. The van der Waals surface area contributed by atoms with Gasteiger partial charge in [-0.05, 0) is 18.6 Å². The smallest absolute Gasteiger partial charge is 0.358 e. The maximum atomic E-state index is 11.6. The number of hydrogen-bond acceptors (Lipinski definition) is 4. The average Bonchev–Trinajstić information content (AvgIpc) is 2.32. The summed E-state index contributed by atoms with van der Waals surface area (Å²) in [6, 6.07) is 3.01. The van der Waals surface area contributed by atoms with Crippen molar-refractivity contribution in [3.05, 3.63) is 28.0 Å². The molecule has 0 unspecified atom stereocenters. The summed E-state index contributed by atoms with van der Waals surface area (Å²) in [5.74, 6) is -0.599. The summed E-state index contributed by atoms with van der Waals surface area (Å²) in [6.45, 7) is 3.18. The van der Waals surface area contributed by atoms with Gasteiger partial charge in [-0.2, -0.15) is 0 Å². The Balaban J connectivity index is 2.44. The number of ether oxygens (including phenoxy) is 2. The van der Waals surface area contributed by atoms with Gasteiger partial charge in [-0.15, -0.1) is 0 Å². The van der Waals surface area contributed by atoms with Crippen molar-refractivity contribution in [3.8, 4) is 0 Å². The van der Waals surface area contributed by atoms with Crippen molar-refractivity contribution < 1.29 is 14.3 Å². The Morgan fingerprint density at radius 1 is 1.29 bits per heavy atom. The minimum absolute atomic E-state index is 0.0228. The molecule has 0 aliphatic heterocycles. The molecule has 0 saturated heterocycles. The van der Waals surface area contributed by atoms with Gasteiger partial charge in [0.25, 0.3) is 0 Å². The largest absolute Gasteiger partial charge is 0.458 e. The van der Waals surface area contributed by atoms with E-state index in [2.05, 4.69) is 4.98 Å². The van der Waals surface area contributed by atoms with E-state index in [4.69, 9.17) is 32.7 Å². The van der Waals surface area contributed by atoms with Crippen molar-refractivity contribution in [3.63, 3.8) is 0 Å². The molecule has 0 amide bonds. The van der Waals surface area contributed by atoms with Crippen LogP contribution in [0.3, 0.4) is 0 Å². The predicted octanol–water partition coefficient (Wildman–Crippen LogP) is 2.97. The summed E-state index contributed by atoms with van der Waals surface area (Å²) in [5, 5.41) is 0.414. The Kier molecular flexibility index (Phi) is 6.26. The highest BCUT2D eigenvalue weighted by molar-refractivity contribution is 6.34. The van der Waals surface area contributed by atoms with E-state index in [-0.39, 0.29) is 22.5 Å². The second kappa shape index (κ2) is 7.48. The number of halogens is 2. The van der Waals surface area contributed by atoms with Gasteiger partial charge in [0.15, 0.2) is 5.69 Å². The molecule has 1 rings (SSSR count). The third-order valence-corrected chi connectivity index (χ3v) is 2.33. The molecule has 0 fully saturated rings. The van der Waals surface area contributed by atoms with Crippen LogP contribution in [0.25, 0.3) is 0 Å². The van der Waals surface area contributed by atoms with Gasteiger partial charge < -0.3 is 9.47 Å². The second-order valence-electron chi connectivity index (χ2n) is 3.21. The fourth-order valence-corrected chi connectivity index (χ4v) is 1.40. The Morgan fingerprint density at radius 2 is 2.06 bits per heavy atom. The van der Waals surface area contributed by atoms with E-state index >= 15 is 0 Å². The molecule has 0 aromatic carbocycles. The fraction of sp³-hybridized carbons (Fsp3) is 0.455. The topological polar surface area (TPSA) is 48.4 Å². The highest BCUT2D eigenvalue weighted by atomic mass is 35.5. The van der Waals surface area contributed by atoms with Crippen molar-refractivity contribution in [2.24, 2.45) is 0 Å². The minimum atomic E-state index is -0.599. The summed E-state index contributed by atoms with van der Waals surface area (Å²) in [7, 11) is 0. The molecule has 4 nitrogen and oxygen atoms in total. The fourth-order valence-electron chi connectivity index (χ4n) is 1.07. The molecule has 0 aliphatic rings. The first-order valence-corrected chi connectivity index (χ1v) is 5.97. The van der Waals surface area contributed by atoms with E-state index in [1.165, 1.54) is 12.1 Å². The minimum Gasteiger partial charge on any atom is -0.458 e. The number of pyridine rings is 1. The molecule has 0 bridgehead atoms. The number of aromatic nitrogens is 1. The number of esters is 1. The zero-order chi connectivity index (χ0) is 12.7. The van der Waals surface area contributed by atoms with E-state index in [1.807, 2.05) is 6.92 Å². The summed E-state index contributed by atoms with van der Waals surface area (Å²) in [5.41, 5.74) is 0.0228. The van der Waals surface area contributed by atoms with Crippen LogP contribution < -0.4 is 0 Å². The van der Waals surface area contributed by atoms with Gasteiger partial charge in [0.05, 0.1) is 11.6 Å². The van der Waals surface area contributed by atoms with Crippen LogP contribution in [0.4, 0.5) is 0 Å². The third kappa shape index (κ3) is 4.89. The van der Waals surface area contributed by atoms with E-state index in [0.29, 0.717) is 13.2 Å². The first-order valence-electron chi connectivity index (χ1n) is 5.22. The van der Waals surface area contributed by atoms with Crippen molar-refractivity contribution in [2.75, 3.05) is 19.8 Å². The van der Waals surface area contributed by atoms with Gasteiger partial charge in [-0.25, -0.2) is 9.78 Å². The van der Waals surface area contributed by atoms with E-state index in [0.717, 1.165) is 6.42 Å². The maximum absolute atomic E-state index is 11.6. The van der Waals surface area contributed by atoms with Crippen LogP contribution in [0.2, 0.25) is 10.2 Å². The van der Waals surface area contributed by atoms with Crippen LogP contribution in [0, 0.1) is 0 Å². The van der Waals surface area contributed by atoms with E-state index < -0.39 is 5.97 Å². The Labute approximate surface area is 110 Å². The van der Waals surface area contributed by atoms with Crippen molar-refractivity contribution in [1.82, 2.24) is 4.98 Å². The molecule has 0 radical (unpaired) electrons. The normalized spacial score (nSPS) is 10.3. The zero-order valence-electron chi connectivity index (χ0n) is 9.41. The molecule has 0 N–H and O–H groups in total. The van der Waals surface area contributed by atoms with Crippen LogP contribution in [-0.2, 0) is 9.47 Å². The molecule has 1 heterocycles. The lowest BCUT2D eigenvalue weighted by atomic mass is 10.3. The molecular formula is C11H13Cl2NO3. The number of carbonyl (C=O) groups is 1. The quantitative estimate of drug-likeness (QED) is 0.456. The van der Waals surface area contributed by atoms with Crippen LogP contribution in [-0.4, -0.2) is 30.8 Å². The van der Waals surface area contributed by atoms with Crippen molar-refractivity contribution >= 4 is 29.2 Å². The zero-order valence-corrected chi connectivity index (χ0v) is 10.9. The molecule has 0 spiro atoms. The lowest BCUT2D eigenvalue weighted by Gasteiger charge is -2.06. The van der Waals surface area contributed by atoms with Crippen LogP contribution in [0.1, 0.15) is 23.8 Å². The number of rotatable bonds is 6. The van der Waals surface area contributed by atoms with Crippen LogP contribution in [0.5, 0.6) is 0 Å². The third-order valence-electron chi connectivity index (χ3n) is 1.81. The van der Waals surface area contributed by atoms with Crippen LogP contribution in [0.15, 0.2) is 12.1 Å². The number of hydrogen-bond donors (Lipinski definition) is 0. The molecule has 0 aliphatic carbocycles. The van der Waals surface area contributed by atoms with Crippen LogP contribution >= 0.6 is 23.2 Å². The van der Waals surface area contributed by atoms with Gasteiger partial charge in [0.2, 0.25) is 0 Å².